The quantitative estimate of drug-likeness (QED) is 0.804. The second kappa shape index (κ2) is 7.08. The van der Waals surface area contributed by atoms with Crippen LogP contribution in [-0.2, 0) is 10.2 Å². The largest absolute Gasteiger partial charge is 0.496 e. The molecular weight excluding hydrogens is 330 g/mol. The number of hydrogen-bond acceptors (Lipinski definition) is 4. The smallest absolute Gasteiger partial charge is 0.281 e. The maximum Gasteiger partial charge on any atom is 0.281 e. The minimum Gasteiger partial charge on any atom is -0.496 e. The molecule has 0 saturated carbocycles. The number of ether oxygens (including phenoxy) is 1. The van der Waals surface area contributed by atoms with E-state index < -0.39 is 10.2 Å². The normalized spacial score (nSPS) is 16.5. The molecule has 2 rings (SSSR count). The minimum atomic E-state index is -3.43. The number of carbonyl (C=O) groups excluding carboxylic acids is 1. The number of methoxy groups -OCH3 is 1. The molecule has 1 aromatic carbocycles. The predicted octanol–water partition coefficient (Wildman–Crippen LogP) is 0.876. The fourth-order valence-corrected chi connectivity index (χ4v) is 3.86. The molecule has 0 bridgehead atoms. The van der Waals surface area contributed by atoms with Gasteiger partial charge in [-0.05, 0) is 37.1 Å². The van der Waals surface area contributed by atoms with Crippen LogP contribution >= 0.6 is 0 Å². The molecule has 134 valence electrons. The summed E-state index contributed by atoms with van der Waals surface area (Å²) in [6, 6.07) is 3.56. The van der Waals surface area contributed by atoms with Crippen molar-refractivity contribution < 1.29 is 17.9 Å². The van der Waals surface area contributed by atoms with Crippen molar-refractivity contribution in [3.8, 4) is 5.75 Å². The van der Waals surface area contributed by atoms with Gasteiger partial charge in [-0.2, -0.15) is 17.0 Å². The second-order valence-electron chi connectivity index (χ2n) is 6.05. The van der Waals surface area contributed by atoms with Gasteiger partial charge in [-0.1, -0.05) is 0 Å². The van der Waals surface area contributed by atoms with Gasteiger partial charge in [0.1, 0.15) is 5.75 Å². The highest BCUT2D eigenvalue weighted by Crippen LogP contribution is 2.25. The minimum absolute atomic E-state index is 0.0693. The molecule has 1 aliphatic heterocycles. The number of rotatable bonds is 4. The molecular formula is C16H25N3O4S. The van der Waals surface area contributed by atoms with Crippen LogP contribution in [0.3, 0.4) is 0 Å². The fourth-order valence-electron chi connectivity index (χ4n) is 2.77. The monoisotopic (exact) mass is 355 g/mol. The SMILES string of the molecule is COc1ccc(C(=O)N2CCN(S(=O)(=O)N(C)C)CC2)c(C)c1C. The lowest BCUT2D eigenvalue weighted by molar-refractivity contribution is 0.0694. The fraction of sp³-hybridized carbons (Fsp3) is 0.562. The third-order valence-electron chi connectivity index (χ3n) is 4.50. The summed E-state index contributed by atoms with van der Waals surface area (Å²) >= 11 is 0. The Morgan fingerprint density at radius 2 is 1.67 bits per heavy atom. The summed E-state index contributed by atoms with van der Waals surface area (Å²) in [6.45, 7) is 5.21. The van der Waals surface area contributed by atoms with Gasteiger partial charge in [0.05, 0.1) is 7.11 Å². The Labute approximate surface area is 144 Å². The van der Waals surface area contributed by atoms with Crippen LogP contribution in [0.2, 0.25) is 0 Å². The summed E-state index contributed by atoms with van der Waals surface area (Å²) in [4.78, 5) is 14.5. The van der Waals surface area contributed by atoms with Crippen molar-refractivity contribution in [2.75, 3.05) is 47.4 Å². The summed E-state index contributed by atoms with van der Waals surface area (Å²) in [5.74, 6) is 0.686. The van der Waals surface area contributed by atoms with Crippen LogP contribution in [0, 0.1) is 13.8 Å². The molecule has 0 radical (unpaired) electrons. The van der Waals surface area contributed by atoms with Gasteiger partial charge >= 0.3 is 0 Å². The van der Waals surface area contributed by atoms with E-state index in [9.17, 15) is 13.2 Å². The molecule has 0 N–H and O–H groups in total. The van der Waals surface area contributed by atoms with Crippen LogP contribution in [0.15, 0.2) is 12.1 Å². The Morgan fingerprint density at radius 3 is 2.17 bits per heavy atom. The molecule has 1 amide bonds. The maximum absolute atomic E-state index is 12.8. The first-order chi connectivity index (χ1) is 11.2. The van der Waals surface area contributed by atoms with E-state index in [1.807, 2.05) is 13.8 Å². The van der Waals surface area contributed by atoms with E-state index in [2.05, 4.69) is 0 Å². The zero-order valence-corrected chi connectivity index (χ0v) is 15.7. The van der Waals surface area contributed by atoms with E-state index in [0.717, 1.165) is 16.9 Å². The highest BCUT2D eigenvalue weighted by atomic mass is 32.2. The first-order valence-corrected chi connectivity index (χ1v) is 9.21. The lowest BCUT2D eigenvalue weighted by Gasteiger charge is -2.35. The van der Waals surface area contributed by atoms with Crippen molar-refractivity contribution in [1.82, 2.24) is 13.5 Å². The van der Waals surface area contributed by atoms with E-state index in [-0.39, 0.29) is 5.91 Å². The van der Waals surface area contributed by atoms with Crippen molar-refractivity contribution in [1.29, 1.82) is 0 Å². The van der Waals surface area contributed by atoms with Crippen LogP contribution in [0.1, 0.15) is 21.5 Å². The Morgan fingerprint density at radius 1 is 1.08 bits per heavy atom. The van der Waals surface area contributed by atoms with Crippen LogP contribution < -0.4 is 4.74 Å². The van der Waals surface area contributed by atoms with Crippen LogP contribution in [-0.4, -0.2) is 75.2 Å². The van der Waals surface area contributed by atoms with Gasteiger partial charge in [0, 0.05) is 45.8 Å². The first-order valence-electron chi connectivity index (χ1n) is 7.81. The molecule has 0 aliphatic carbocycles. The molecule has 7 nitrogen and oxygen atoms in total. The molecule has 0 spiro atoms. The van der Waals surface area contributed by atoms with Crippen molar-refractivity contribution >= 4 is 16.1 Å². The van der Waals surface area contributed by atoms with Gasteiger partial charge in [-0.25, -0.2) is 0 Å². The van der Waals surface area contributed by atoms with Gasteiger partial charge in [0.15, 0.2) is 0 Å². The van der Waals surface area contributed by atoms with Gasteiger partial charge in [0.2, 0.25) is 0 Å². The number of amides is 1. The average Bonchev–Trinajstić information content (AvgIpc) is 2.56. The highest BCUT2D eigenvalue weighted by molar-refractivity contribution is 7.86. The lowest BCUT2D eigenvalue weighted by atomic mass is 10.0. The molecule has 1 fully saturated rings. The standard InChI is InChI=1S/C16H25N3O4S/c1-12-13(2)15(23-5)7-6-14(12)16(20)18-8-10-19(11-9-18)24(21,22)17(3)4/h6-7H,8-11H2,1-5H3. The zero-order valence-electron chi connectivity index (χ0n) is 14.9. The summed E-state index contributed by atoms with van der Waals surface area (Å²) in [7, 11) is 1.20. The highest BCUT2D eigenvalue weighted by Gasteiger charge is 2.31. The summed E-state index contributed by atoms with van der Waals surface area (Å²) < 4.78 is 32.1. The van der Waals surface area contributed by atoms with Crippen molar-refractivity contribution in [3.05, 3.63) is 28.8 Å². The van der Waals surface area contributed by atoms with E-state index in [1.165, 1.54) is 22.7 Å². The summed E-state index contributed by atoms with van der Waals surface area (Å²) in [6.07, 6.45) is 0. The molecule has 0 aromatic heterocycles. The number of benzene rings is 1. The number of carbonyl (C=O) groups is 1. The van der Waals surface area contributed by atoms with Crippen molar-refractivity contribution in [2.45, 2.75) is 13.8 Å². The van der Waals surface area contributed by atoms with E-state index in [0.29, 0.717) is 31.7 Å². The van der Waals surface area contributed by atoms with Crippen LogP contribution in [0.5, 0.6) is 5.75 Å². The average molecular weight is 355 g/mol. The number of nitrogens with zero attached hydrogens (tertiary/aromatic N) is 3. The molecule has 8 heteroatoms. The van der Waals surface area contributed by atoms with Crippen molar-refractivity contribution in [3.63, 3.8) is 0 Å². The van der Waals surface area contributed by atoms with Crippen molar-refractivity contribution in [2.24, 2.45) is 0 Å². The number of hydrogen-bond donors (Lipinski definition) is 0. The molecule has 24 heavy (non-hydrogen) atoms. The van der Waals surface area contributed by atoms with Gasteiger partial charge in [-0.15, -0.1) is 0 Å². The molecule has 0 unspecified atom stereocenters. The maximum atomic E-state index is 12.8. The van der Waals surface area contributed by atoms with Gasteiger partial charge in [0.25, 0.3) is 16.1 Å². The zero-order chi connectivity index (χ0) is 18.1. The number of piperazine rings is 1. The third kappa shape index (κ3) is 3.40. The van der Waals surface area contributed by atoms with Gasteiger partial charge < -0.3 is 9.64 Å². The van der Waals surface area contributed by atoms with Gasteiger partial charge in [-0.3, -0.25) is 4.79 Å². The predicted molar refractivity (Wildman–Crippen MR) is 92.6 cm³/mol. The second-order valence-corrected chi connectivity index (χ2v) is 8.19. The van der Waals surface area contributed by atoms with Crippen LogP contribution in [0.25, 0.3) is 0 Å². The Bertz CT molecular complexity index is 723. The molecule has 0 atom stereocenters. The molecule has 1 aromatic rings. The van der Waals surface area contributed by atoms with E-state index in [1.54, 1.807) is 24.1 Å². The Hall–Kier alpha value is -1.64. The summed E-state index contributed by atoms with van der Waals surface area (Å²) in [5.41, 5.74) is 2.47. The molecule has 1 saturated heterocycles. The van der Waals surface area contributed by atoms with E-state index >= 15 is 0 Å². The van der Waals surface area contributed by atoms with Crippen LogP contribution in [0.4, 0.5) is 0 Å². The Balaban J connectivity index is 2.13. The Kier molecular flexibility index (Phi) is 5.52. The lowest BCUT2D eigenvalue weighted by Crippen LogP contribution is -2.53. The third-order valence-corrected chi connectivity index (χ3v) is 6.44. The topological polar surface area (TPSA) is 70.2 Å². The molecule has 1 aliphatic rings. The van der Waals surface area contributed by atoms with E-state index in [4.69, 9.17) is 4.74 Å². The molecule has 1 heterocycles. The summed E-state index contributed by atoms with van der Waals surface area (Å²) in [5, 5.41) is 0. The first kappa shape index (κ1) is 18.7.